The number of urea groups is 1. The van der Waals surface area contributed by atoms with Crippen LogP contribution in [-0.2, 0) is 4.79 Å². The van der Waals surface area contributed by atoms with Gasteiger partial charge in [0.1, 0.15) is 0 Å². The maximum absolute atomic E-state index is 11.4. The highest BCUT2D eigenvalue weighted by Gasteiger charge is 2.41. The lowest BCUT2D eigenvalue weighted by molar-refractivity contribution is -0.148. The highest BCUT2D eigenvalue weighted by molar-refractivity contribution is 5.78. The molecule has 0 aromatic carbocycles. The molecular weight excluding hydrogens is 208 g/mol. The Kier molecular flexibility index (Phi) is 3.03. The monoisotopic (exact) mass is 226 g/mol. The van der Waals surface area contributed by atoms with Crippen LogP contribution in [0.3, 0.4) is 0 Å². The van der Waals surface area contributed by atoms with Crippen molar-refractivity contribution in [2.24, 2.45) is 5.41 Å². The molecular formula is C11H18N2O3. The van der Waals surface area contributed by atoms with Crippen LogP contribution < -0.4 is 10.6 Å². The van der Waals surface area contributed by atoms with E-state index in [0.717, 1.165) is 25.7 Å². The van der Waals surface area contributed by atoms with Gasteiger partial charge < -0.3 is 15.7 Å². The van der Waals surface area contributed by atoms with Crippen LogP contribution in [0.4, 0.5) is 4.79 Å². The number of rotatable bonds is 4. The van der Waals surface area contributed by atoms with Crippen LogP contribution in [0.5, 0.6) is 0 Å². The average molecular weight is 226 g/mol. The molecule has 0 atom stereocenters. The fourth-order valence-electron chi connectivity index (χ4n) is 2.23. The first-order valence-corrected chi connectivity index (χ1v) is 5.90. The second-order valence-corrected chi connectivity index (χ2v) is 4.89. The van der Waals surface area contributed by atoms with Gasteiger partial charge in [0.05, 0.1) is 5.41 Å². The Labute approximate surface area is 94.6 Å². The molecule has 0 spiro atoms. The van der Waals surface area contributed by atoms with E-state index in [2.05, 4.69) is 10.6 Å². The lowest BCUT2D eigenvalue weighted by atomic mass is 9.86. The number of hydrogen-bond donors (Lipinski definition) is 3. The van der Waals surface area contributed by atoms with Crippen LogP contribution in [0.1, 0.15) is 38.5 Å². The van der Waals surface area contributed by atoms with Gasteiger partial charge in [-0.2, -0.15) is 0 Å². The fraction of sp³-hybridized carbons (Fsp3) is 0.818. The van der Waals surface area contributed by atoms with Crippen LogP contribution in [0.2, 0.25) is 0 Å². The third kappa shape index (κ3) is 2.46. The molecule has 3 N–H and O–H groups in total. The highest BCUT2D eigenvalue weighted by atomic mass is 16.4. The molecule has 0 saturated heterocycles. The van der Waals surface area contributed by atoms with E-state index in [9.17, 15) is 14.7 Å². The van der Waals surface area contributed by atoms with Gasteiger partial charge in [-0.25, -0.2) is 4.79 Å². The average Bonchev–Trinajstić information content (AvgIpc) is 2.92. The molecule has 2 amide bonds. The molecule has 0 radical (unpaired) electrons. The molecule has 0 aromatic heterocycles. The molecule has 2 aliphatic carbocycles. The lowest BCUT2D eigenvalue weighted by Gasteiger charge is -2.23. The van der Waals surface area contributed by atoms with Gasteiger partial charge in [-0.15, -0.1) is 0 Å². The Hall–Kier alpha value is -1.26. The molecule has 2 rings (SSSR count). The standard InChI is InChI=1S/C11H18N2O3/c14-9(15)11(5-1-2-6-11)7-12-10(16)13-8-3-4-8/h8H,1-7H2,(H,14,15)(H2,12,13,16). The summed E-state index contributed by atoms with van der Waals surface area (Å²) >= 11 is 0. The number of nitrogens with one attached hydrogen (secondary N) is 2. The van der Waals surface area contributed by atoms with Gasteiger partial charge in [0.25, 0.3) is 0 Å². The van der Waals surface area contributed by atoms with E-state index in [0.29, 0.717) is 18.9 Å². The minimum atomic E-state index is -0.781. The van der Waals surface area contributed by atoms with Crippen molar-refractivity contribution >= 4 is 12.0 Å². The van der Waals surface area contributed by atoms with E-state index in [1.165, 1.54) is 0 Å². The predicted octanol–water partition coefficient (Wildman–Crippen LogP) is 1.09. The van der Waals surface area contributed by atoms with Gasteiger partial charge in [-0.05, 0) is 25.7 Å². The molecule has 5 nitrogen and oxygen atoms in total. The molecule has 0 aliphatic heterocycles. The van der Waals surface area contributed by atoms with Crippen molar-refractivity contribution in [3.05, 3.63) is 0 Å². The Balaban J connectivity index is 1.81. The number of carbonyl (C=O) groups is 2. The normalized spacial score (nSPS) is 22.8. The molecule has 90 valence electrons. The Morgan fingerprint density at radius 3 is 2.38 bits per heavy atom. The largest absolute Gasteiger partial charge is 0.481 e. The minimum absolute atomic E-state index is 0.227. The van der Waals surface area contributed by atoms with Crippen molar-refractivity contribution in [2.45, 2.75) is 44.6 Å². The van der Waals surface area contributed by atoms with Crippen LogP contribution in [0, 0.1) is 5.41 Å². The van der Waals surface area contributed by atoms with Crippen LogP contribution in [-0.4, -0.2) is 29.7 Å². The van der Waals surface area contributed by atoms with Crippen LogP contribution in [0.25, 0.3) is 0 Å². The first-order valence-electron chi connectivity index (χ1n) is 5.90. The molecule has 0 aromatic rings. The number of carbonyl (C=O) groups excluding carboxylic acids is 1. The van der Waals surface area contributed by atoms with Gasteiger partial charge in [0.2, 0.25) is 0 Å². The van der Waals surface area contributed by atoms with E-state index in [1.807, 2.05) is 0 Å². The number of carboxylic acids is 1. The SMILES string of the molecule is O=C(NCC1(C(=O)O)CCCC1)NC1CC1. The van der Waals surface area contributed by atoms with Gasteiger partial charge in [0, 0.05) is 12.6 Å². The number of hydrogen-bond acceptors (Lipinski definition) is 2. The summed E-state index contributed by atoms with van der Waals surface area (Å²) in [4.78, 5) is 22.6. The van der Waals surface area contributed by atoms with Crippen molar-refractivity contribution in [1.82, 2.24) is 10.6 Å². The van der Waals surface area contributed by atoms with Crippen molar-refractivity contribution in [3.63, 3.8) is 0 Å². The van der Waals surface area contributed by atoms with Crippen molar-refractivity contribution < 1.29 is 14.7 Å². The van der Waals surface area contributed by atoms with Gasteiger partial charge in [-0.1, -0.05) is 12.8 Å². The van der Waals surface area contributed by atoms with E-state index >= 15 is 0 Å². The van der Waals surface area contributed by atoms with Gasteiger partial charge in [-0.3, -0.25) is 4.79 Å². The summed E-state index contributed by atoms with van der Waals surface area (Å²) in [6.07, 6.45) is 5.31. The zero-order valence-electron chi connectivity index (χ0n) is 9.29. The summed E-state index contributed by atoms with van der Waals surface area (Å²) in [5.41, 5.74) is -0.721. The van der Waals surface area contributed by atoms with Crippen molar-refractivity contribution in [2.75, 3.05) is 6.54 Å². The molecule has 0 bridgehead atoms. The van der Waals surface area contributed by atoms with Gasteiger partial charge in [0.15, 0.2) is 0 Å². The molecule has 0 heterocycles. The summed E-state index contributed by atoms with van der Waals surface area (Å²) < 4.78 is 0. The Morgan fingerprint density at radius 2 is 1.88 bits per heavy atom. The molecule has 2 saturated carbocycles. The molecule has 0 unspecified atom stereocenters. The summed E-state index contributed by atoms with van der Waals surface area (Å²) in [6, 6.07) is 0.0828. The molecule has 2 aliphatic rings. The first-order chi connectivity index (χ1) is 7.62. The fourth-order valence-corrected chi connectivity index (χ4v) is 2.23. The summed E-state index contributed by atoms with van der Waals surface area (Å²) in [5, 5.41) is 14.7. The topological polar surface area (TPSA) is 78.4 Å². The first kappa shape index (κ1) is 11.2. The van der Waals surface area contributed by atoms with E-state index in [4.69, 9.17) is 0 Å². The quantitative estimate of drug-likeness (QED) is 0.671. The Bertz CT molecular complexity index is 294. The highest BCUT2D eigenvalue weighted by Crippen LogP contribution is 2.37. The third-order valence-electron chi connectivity index (χ3n) is 3.51. The van der Waals surface area contributed by atoms with E-state index in [-0.39, 0.29) is 12.6 Å². The second-order valence-electron chi connectivity index (χ2n) is 4.89. The number of carboxylic acid groups (broad SMARTS) is 1. The van der Waals surface area contributed by atoms with E-state index < -0.39 is 11.4 Å². The molecule has 16 heavy (non-hydrogen) atoms. The van der Waals surface area contributed by atoms with Crippen molar-refractivity contribution in [1.29, 1.82) is 0 Å². The Morgan fingerprint density at radius 1 is 1.25 bits per heavy atom. The van der Waals surface area contributed by atoms with Gasteiger partial charge >= 0.3 is 12.0 Å². The van der Waals surface area contributed by atoms with Crippen LogP contribution >= 0.6 is 0 Å². The molecule has 5 heteroatoms. The molecule has 2 fully saturated rings. The predicted molar refractivity (Wildman–Crippen MR) is 58.1 cm³/mol. The zero-order chi connectivity index (χ0) is 11.6. The van der Waals surface area contributed by atoms with E-state index in [1.54, 1.807) is 0 Å². The maximum atomic E-state index is 11.4. The maximum Gasteiger partial charge on any atom is 0.315 e. The second kappa shape index (κ2) is 4.31. The minimum Gasteiger partial charge on any atom is -0.481 e. The number of amides is 2. The summed E-state index contributed by atoms with van der Waals surface area (Å²) in [5.74, 6) is -0.781. The van der Waals surface area contributed by atoms with Crippen molar-refractivity contribution in [3.8, 4) is 0 Å². The summed E-state index contributed by atoms with van der Waals surface area (Å²) in [7, 11) is 0. The van der Waals surface area contributed by atoms with Crippen LogP contribution in [0.15, 0.2) is 0 Å². The lowest BCUT2D eigenvalue weighted by Crippen LogP contribution is -2.45. The zero-order valence-corrected chi connectivity index (χ0v) is 9.29. The number of aliphatic carboxylic acids is 1. The third-order valence-corrected chi connectivity index (χ3v) is 3.51. The smallest absolute Gasteiger partial charge is 0.315 e. The summed E-state index contributed by atoms with van der Waals surface area (Å²) in [6.45, 7) is 0.251.